The van der Waals surface area contributed by atoms with Crippen LogP contribution in [-0.2, 0) is 16.6 Å². The minimum Gasteiger partial charge on any atom is -0.465 e. The zero-order valence-electron chi connectivity index (χ0n) is 11.7. The van der Waals surface area contributed by atoms with Crippen LogP contribution in [0.1, 0.15) is 20.3 Å². The molecule has 2 rings (SSSR count). The van der Waals surface area contributed by atoms with Crippen LogP contribution in [0.5, 0.6) is 0 Å². The molecule has 0 spiro atoms. The summed E-state index contributed by atoms with van der Waals surface area (Å²) >= 11 is 2.98. The molecule has 0 aromatic carbocycles. The molecule has 108 valence electrons. The average molecular weight is 311 g/mol. The number of hydrogen-bond acceptors (Lipinski definition) is 6. The Kier molecular flexibility index (Phi) is 5.19. The maximum absolute atomic E-state index is 11.8. The molecule has 0 saturated heterocycles. The number of carbonyl (C=O) groups is 1. The molecule has 5 nitrogen and oxygen atoms in total. The first-order valence-corrected chi connectivity index (χ1v) is 8.16. The standard InChI is InChI=1S/C13H17N3O2S2/c1-4-7-18-12(17)9(2)20-13-15-14-11(16(13)3)10-6-5-8-19-10/h5-6,8-9H,4,7H2,1-3H3. The summed E-state index contributed by atoms with van der Waals surface area (Å²) in [6.45, 7) is 4.26. The lowest BCUT2D eigenvalue weighted by Crippen LogP contribution is -2.18. The summed E-state index contributed by atoms with van der Waals surface area (Å²) in [5, 5.41) is 10.8. The number of ether oxygens (including phenoxy) is 1. The van der Waals surface area contributed by atoms with E-state index in [0.717, 1.165) is 17.1 Å². The van der Waals surface area contributed by atoms with Crippen molar-refractivity contribution in [3.8, 4) is 10.7 Å². The fourth-order valence-electron chi connectivity index (χ4n) is 1.56. The zero-order valence-corrected chi connectivity index (χ0v) is 13.3. The Hall–Kier alpha value is -1.34. The van der Waals surface area contributed by atoms with Crippen LogP contribution in [0.25, 0.3) is 10.7 Å². The highest BCUT2D eigenvalue weighted by molar-refractivity contribution is 8.00. The van der Waals surface area contributed by atoms with E-state index in [4.69, 9.17) is 4.74 Å². The van der Waals surface area contributed by atoms with Crippen molar-refractivity contribution in [2.45, 2.75) is 30.7 Å². The third-order valence-corrected chi connectivity index (χ3v) is 4.62. The van der Waals surface area contributed by atoms with Gasteiger partial charge in [-0.3, -0.25) is 4.79 Å². The molecule has 0 N–H and O–H groups in total. The summed E-state index contributed by atoms with van der Waals surface area (Å²) in [5.41, 5.74) is 0. The number of thioether (sulfide) groups is 1. The Balaban J connectivity index is 2.05. The Labute approximate surface area is 126 Å². The summed E-state index contributed by atoms with van der Waals surface area (Å²) < 4.78 is 7.03. The van der Waals surface area contributed by atoms with Gasteiger partial charge in [0.25, 0.3) is 0 Å². The van der Waals surface area contributed by atoms with Crippen LogP contribution in [0.2, 0.25) is 0 Å². The molecule has 0 fully saturated rings. The summed E-state index contributed by atoms with van der Waals surface area (Å²) in [5.74, 6) is 0.606. The number of hydrogen-bond donors (Lipinski definition) is 0. The van der Waals surface area contributed by atoms with Gasteiger partial charge in [0.05, 0.1) is 11.5 Å². The second-order valence-electron chi connectivity index (χ2n) is 4.27. The smallest absolute Gasteiger partial charge is 0.319 e. The lowest BCUT2D eigenvalue weighted by molar-refractivity contribution is -0.142. The van der Waals surface area contributed by atoms with Crippen LogP contribution in [0, 0.1) is 0 Å². The van der Waals surface area contributed by atoms with Crippen molar-refractivity contribution in [3.63, 3.8) is 0 Å². The van der Waals surface area contributed by atoms with Gasteiger partial charge in [-0.2, -0.15) is 0 Å². The average Bonchev–Trinajstić information content (AvgIpc) is 3.07. The molecule has 0 aliphatic heterocycles. The molecule has 20 heavy (non-hydrogen) atoms. The number of carbonyl (C=O) groups excluding carboxylic acids is 1. The predicted molar refractivity (Wildman–Crippen MR) is 80.9 cm³/mol. The van der Waals surface area contributed by atoms with E-state index in [-0.39, 0.29) is 11.2 Å². The third-order valence-electron chi connectivity index (χ3n) is 2.64. The molecular formula is C13H17N3O2S2. The molecule has 0 radical (unpaired) electrons. The Morgan fingerprint density at radius 2 is 2.35 bits per heavy atom. The van der Waals surface area contributed by atoms with E-state index < -0.39 is 0 Å². The molecule has 0 aliphatic rings. The number of rotatable bonds is 6. The number of thiophene rings is 1. The number of esters is 1. The molecule has 0 amide bonds. The van der Waals surface area contributed by atoms with Gasteiger partial charge in [0.2, 0.25) is 0 Å². The van der Waals surface area contributed by atoms with Gasteiger partial charge < -0.3 is 9.30 Å². The molecule has 2 aromatic rings. The van der Waals surface area contributed by atoms with Gasteiger partial charge in [0.15, 0.2) is 11.0 Å². The van der Waals surface area contributed by atoms with Crippen molar-refractivity contribution in [1.82, 2.24) is 14.8 Å². The second kappa shape index (κ2) is 6.90. The van der Waals surface area contributed by atoms with Gasteiger partial charge in [0.1, 0.15) is 5.25 Å². The van der Waals surface area contributed by atoms with Crippen molar-refractivity contribution in [1.29, 1.82) is 0 Å². The molecule has 0 aliphatic carbocycles. The van der Waals surface area contributed by atoms with Gasteiger partial charge in [0, 0.05) is 7.05 Å². The maximum Gasteiger partial charge on any atom is 0.319 e. The van der Waals surface area contributed by atoms with Crippen LogP contribution in [0.15, 0.2) is 22.7 Å². The summed E-state index contributed by atoms with van der Waals surface area (Å²) in [6, 6.07) is 3.98. The molecule has 0 bridgehead atoms. The highest BCUT2D eigenvalue weighted by Gasteiger charge is 2.20. The zero-order chi connectivity index (χ0) is 14.5. The van der Waals surface area contributed by atoms with Crippen LogP contribution in [-0.4, -0.2) is 32.6 Å². The Morgan fingerprint density at radius 3 is 3.00 bits per heavy atom. The van der Waals surface area contributed by atoms with Gasteiger partial charge in [-0.25, -0.2) is 0 Å². The highest BCUT2D eigenvalue weighted by atomic mass is 32.2. The highest BCUT2D eigenvalue weighted by Crippen LogP contribution is 2.28. The molecule has 7 heteroatoms. The first kappa shape index (κ1) is 15.1. The van der Waals surface area contributed by atoms with Crippen molar-refractivity contribution >= 4 is 29.1 Å². The fraction of sp³-hybridized carbons (Fsp3) is 0.462. The molecule has 0 saturated carbocycles. The minimum absolute atomic E-state index is 0.211. The van der Waals surface area contributed by atoms with Crippen LogP contribution in [0.3, 0.4) is 0 Å². The predicted octanol–water partition coefficient (Wildman–Crippen LogP) is 2.98. The van der Waals surface area contributed by atoms with E-state index in [1.54, 1.807) is 11.3 Å². The van der Waals surface area contributed by atoms with Crippen molar-refractivity contribution < 1.29 is 9.53 Å². The van der Waals surface area contributed by atoms with E-state index in [9.17, 15) is 4.79 Å². The van der Waals surface area contributed by atoms with Gasteiger partial charge in [-0.1, -0.05) is 24.8 Å². The Bertz CT molecular complexity index is 566. The van der Waals surface area contributed by atoms with E-state index in [2.05, 4.69) is 10.2 Å². The van der Waals surface area contributed by atoms with Crippen LogP contribution >= 0.6 is 23.1 Å². The summed E-state index contributed by atoms with van der Waals surface area (Å²) in [6.07, 6.45) is 0.829. The number of nitrogens with zero attached hydrogens (tertiary/aromatic N) is 3. The summed E-state index contributed by atoms with van der Waals surface area (Å²) in [7, 11) is 1.90. The Morgan fingerprint density at radius 1 is 1.55 bits per heavy atom. The molecular weight excluding hydrogens is 294 g/mol. The van der Waals surface area contributed by atoms with E-state index >= 15 is 0 Å². The first-order chi connectivity index (χ1) is 9.63. The fourth-order valence-corrected chi connectivity index (χ4v) is 3.12. The first-order valence-electron chi connectivity index (χ1n) is 6.40. The van der Waals surface area contributed by atoms with Gasteiger partial charge in [-0.05, 0) is 24.8 Å². The molecule has 1 atom stereocenters. The number of aromatic nitrogens is 3. The van der Waals surface area contributed by atoms with E-state index in [1.807, 2.05) is 43.0 Å². The van der Waals surface area contributed by atoms with Gasteiger partial charge in [-0.15, -0.1) is 21.5 Å². The third kappa shape index (κ3) is 3.40. The summed E-state index contributed by atoms with van der Waals surface area (Å²) in [4.78, 5) is 12.8. The normalized spacial score (nSPS) is 12.3. The lowest BCUT2D eigenvalue weighted by Gasteiger charge is -2.10. The van der Waals surface area contributed by atoms with Crippen LogP contribution in [0.4, 0.5) is 0 Å². The van der Waals surface area contributed by atoms with E-state index in [1.165, 1.54) is 11.8 Å². The monoisotopic (exact) mass is 311 g/mol. The van der Waals surface area contributed by atoms with Crippen LogP contribution < -0.4 is 0 Å². The van der Waals surface area contributed by atoms with Crippen molar-refractivity contribution in [3.05, 3.63) is 17.5 Å². The minimum atomic E-state index is -0.291. The quantitative estimate of drug-likeness (QED) is 0.606. The largest absolute Gasteiger partial charge is 0.465 e. The maximum atomic E-state index is 11.8. The lowest BCUT2D eigenvalue weighted by atomic mass is 10.4. The SMILES string of the molecule is CCCOC(=O)C(C)Sc1nnc(-c2cccs2)n1C. The van der Waals surface area contributed by atoms with Gasteiger partial charge >= 0.3 is 5.97 Å². The van der Waals surface area contributed by atoms with Crippen molar-refractivity contribution in [2.24, 2.45) is 7.05 Å². The second-order valence-corrected chi connectivity index (χ2v) is 6.53. The topological polar surface area (TPSA) is 57.0 Å². The van der Waals surface area contributed by atoms with E-state index in [0.29, 0.717) is 11.8 Å². The molecule has 1 unspecified atom stereocenters. The van der Waals surface area contributed by atoms with Crippen molar-refractivity contribution in [2.75, 3.05) is 6.61 Å². The molecule has 2 heterocycles. The molecule has 2 aromatic heterocycles.